The summed E-state index contributed by atoms with van der Waals surface area (Å²) in [7, 11) is 4.56. The fourth-order valence-corrected chi connectivity index (χ4v) is 1.85. The monoisotopic (exact) mass is 288 g/mol. The summed E-state index contributed by atoms with van der Waals surface area (Å²) in [6.07, 6.45) is 3.10. The second-order valence-corrected chi connectivity index (χ2v) is 4.11. The van der Waals surface area contributed by atoms with Gasteiger partial charge in [-0.1, -0.05) is 0 Å². The first kappa shape index (κ1) is 14.6. The van der Waals surface area contributed by atoms with Crippen molar-refractivity contribution in [1.82, 2.24) is 4.98 Å². The van der Waals surface area contributed by atoms with Gasteiger partial charge in [-0.05, 0) is 12.1 Å². The lowest BCUT2D eigenvalue weighted by Gasteiger charge is -2.14. The molecule has 0 aliphatic carbocycles. The van der Waals surface area contributed by atoms with Gasteiger partial charge in [-0.2, -0.15) is 0 Å². The number of ether oxygens (including phenoxy) is 3. The zero-order valence-corrected chi connectivity index (χ0v) is 12.0. The molecule has 0 aliphatic heterocycles. The molecule has 1 aromatic heterocycles. The lowest BCUT2D eigenvalue weighted by molar-refractivity contribution is 0.102. The Balaban J connectivity index is 2.30. The zero-order chi connectivity index (χ0) is 15.2. The molecule has 0 radical (unpaired) electrons. The van der Waals surface area contributed by atoms with Crippen LogP contribution in [0.4, 0.5) is 5.69 Å². The van der Waals surface area contributed by atoms with Gasteiger partial charge in [-0.3, -0.25) is 9.78 Å². The van der Waals surface area contributed by atoms with Crippen molar-refractivity contribution in [1.29, 1.82) is 0 Å². The minimum absolute atomic E-state index is 0.266. The Morgan fingerprint density at radius 2 is 1.76 bits per heavy atom. The molecule has 0 fully saturated rings. The summed E-state index contributed by atoms with van der Waals surface area (Å²) in [4.78, 5) is 16.0. The van der Waals surface area contributed by atoms with E-state index in [-0.39, 0.29) is 5.91 Å². The second-order valence-electron chi connectivity index (χ2n) is 4.11. The summed E-state index contributed by atoms with van der Waals surface area (Å²) in [5.41, 5.74) is 1.00. The van der Waals surface area contributed by atoms with Gasteiger partial charge in [0, 0.05) is 30.2 Å². The lowest BCUT2D eigenvalue weighted by atomic mass is 10.2. The number of anilines is 1. The highest BCUT2D eigenvalue weighted by Gasteiger charge is 2.15. The number of rotatable bonds is 5. The molecule has 1 amide bonds. The van der Waals surface area contributed by atoms with E-state index in [2.05, 4.69) is 10.3 Å². The third-order valence-electron chi connectivity index (χ3n) is 2.85. The van der Waals surface area contributed by atoms with E-state index in [1.807, 2.05) is 0 Å². The average molecular weight is 288 g/mol. The first-order valence-electron chi connectivity index (χ1n) is 6.21. The maximum atomic E-state index is 12.1. The molecule has 0 unspecified atom stereocenters. The van der Waals surface area contributed by atoms with E-state index in [4.69, 9.17) is 14.2 Å². The number of benzene rings is 1. The highest BCUT2D eigenvalue weighted by atomic mass is 16.5. The molecule has 1 N–H and O–H groups in total. The van der Waals surface area contributed by atoms with Crippen LogP contribution in [0.1, 0.15) is 10.4 Å². The fraction of sp³-hybridized carbons (Fsp3) is 0.200. The molecule has 0 saturated heterocycles. The highest BCUT2D eigenvalue weighted by molar-refractivity contribution is 6.04. The van der Waals surface area contributed by atoms with Crippen LogP contribution in [0.2, 0.25) is 0 Å². The molecule has 110 valence electrons. The predicted octanol–water partition coefficient (Wildman–Crippen LogP) is 2.36. The maximum Gasteiger partial charge on any atom is 0.257 e. The summed E-state index contributed by atoms with van der Waals surface area (Å²) < 4.78 is 15.7. The van der Waals surface area contributed by atoms with Crippen molar-refractivity contribution in [2.45, 2.75) is 0 Å². The first-order valence-corrected chi connectivity index (χ1v) is 6.21. The largest absolute Gasteiger partial charge is 0.493 e. The molecule has 6 heteroatoms. The third-order valence-corrected chi connectivity index (χ3v) is 2.85. The van der Waals surface area contributed by atoms with Crippen LogP contribution in [0.25, 0.3) is 0 Å². The summed E-state index contributed by atoms with van der Waals surface area (Å²) in [5, 5.41) is 2.76. The van der Waals surface area contributed by atoms with Gasteiger partial charge in [0.05, 0.1) is 26.9 Å². The minimum Gasteiger partial charge on any atom is -0.493 e. The van der Waals surface area contributed by atoms with Crippen LogP contribution in [0.15, 0.2) is 36.7 Å². The molecule has 2 aromatic rings. The van der Waals surface area contributed by atoms with Gasteiger partial charge >= 0.3 is 0 Å². The van der Waals surface area contributed by atoms with E-state index in [1.54, 1.807) is 30.5 Å². The summed E-state index contributed by atoms with van der Waals surface area (Å²) >= 11 is 0. The van der Waals surface area contributed by atoms with Gasteiger partial charge in [0.25, 0.3) is 5.91 Å². The van der Waals surface area contributed by atoms with Gasteiger partial charge in [0.1, 0.15) is 0 Å². The number of hydrogen-bond donors (Lipinski definition) is 1. The number of nitrogens with zero attached hydrogens (tertiary/aromatic N) is 1. The SMILES string of the molecule is COc1cc(NC(=O)c2cccnc2)cc(OC)c1OC. The Morgan fingerprint density at radius 3 is 2.24 bits per heavy atom. The van der Waals surface area contributed by atoms with Crippen LogP contribution >= 0.6 is 0 Å². The molecule has 0 aliphatic rings. The quantitative estimate of drug-likeness (QED) is 0.914. The lowest BCUT2D eigenvalue weighted by Crippen LogP contribution is -2.12. The van der Waals surface area contributed by atoms with Gasteiger partial charge in [-0.25, -0.2) is 0 Å². The standard InChI is InChI=1S/C15H16N2O4/c1-19-12-7-11(8-13(20-2)14(12)21-3)17-15(18)10-5-4-6-16-9-10/h4-9H,1-3H3,(H,17,18). The second kappa shape index (κ2) is 6.60. The molecule has 6 nitrogen and oxygen atoms in total. The number of carbonyl (C=O) groups is 1. The molecule has 0 saturated carbocycles. The van der Waals surface area contributed by atoms with Crippen molar-refractivity contribution < 1.29 is 19.0 Å². The van der Waals surface area contributed by atoms with E-state index in [1.165, 1.54) is 27.5 Å². The average Bonchev–Trinajstić information content (AvgIpc) is 2.54. The summed E-state index contributed by atoms with van der Waals surface area (Å²) in [5.74, 6) is 1.15. The van der Waals surface area contributed by atoms with E-state index < -0.39 is 0 Å². The van der Waals surface area contributed by atoms with E-state index in [0.29, 0.717) is 28.5 Å². The smallest absolute Gasteiger partial charge is 0.257 e. The predicted molar refractivity (Wildman–Crippen MR) is 78.3 cm³/mol. The Morgan fingerprint density at radius 1 is 1.10 bits per heavy atom. The first-order chi connectivity index (χ1) is 10.2. The highest BCUT2D eigenvalue weighted by Crippen LogP contribution is 2.39. The van der Waals surface area contributed by atoms with Gasteiger partial charge in [-0.15, -0.1) is 0 Å². The van der Waals surface area contributed by atoms with Crippen molar-refractivity contribution in [2.75, 3.05) is 26.6 Å². The van der Waals surface area contributed by atoms with Crippen molar-refractivity contribution >= 4 is 11.6 Å². The Bertz CT molecular complexity index is 604. The molecule has 0 spiro atoms. The number of methoxy groups -OCH3 is 3. The van der Waals surface area contributed by atoms with E-state index in [0.717, 1.165) is 0 Å². The molecular weight excluding hydrogens is 272 g/mol. The van der Waals surface area contributed by atoms with Crippen molar-refractivity contribution in [3.05, 3.63) is 42.2 Å². The number of aromatic nitrogens is 1. The maximum absolute atomic E-state index is 12.1. The van der Waals surface area contributed by atoms with Crippen LogP contribution < -0.4 is 19.5 Å². The van der Waals surface area contributed by atoms with Gasteiger partial charge in [0.15, 0.2) is 11.5 Å². The topological polar surface area (TPSA) is 69.7 Å². The van der Waals surface area contributed by atoms with Gasteiger partial charge in [0.2, 0.25) is 5.75 Å². The molecule has 21 heavy (non-hydrogen) atoms. The van der Waals surface area contributed by atoms with Crippen LogP contribution in [0.3, 0.4) is 0 Å². The summed E-state index contributed by atoms with van der Waals surface area (Å²) in [6, 6.07) is 6.70. The van der Waals surface area contributed by atoms with E-state index in [9.17, 15) is 4.79 Å². The minimum atomic E-state index is -0.266. The fourth-order valence-electron chi connectivity index (χ4n) is 1.85. The summed E-state index contributed by atoms with van der Waals surface area (Å²) in [6.45, 7) is 0. The molecule has 0 bridgehead atoms. The third kappa shape index (κ3) is 3.22. The molecule has 0 atom stereocenters. The Labute approximate surface area is 122 Å². The Kier molecular flexibility index (Phi) is 4.61. The van der Waals surface area contributed by atoms with Crippen LogP contribution in [0.5, 0.6) is 17.2 Å². The zero-order valence-electron chi connectivity index (χ0n) is 12.0. The van der Waals surface area contributed by atoms with Crippen molar-refractivity contribution in [3.8, 4) is 17.2 Å². The van der Waals surface area contributed by atoms with Crippen molar-refractivity contribution in [2.24, 2.45) is 0 Å². The van der Waals surface area contributed by atoms with Crippen LogP contribution in [0, 0.1) is 0 Å². The molecule has 1 aromatic carbocycles. The van der Waals surface area contributed by atoms with Crippen molar-refractivity contribution in [3.63, 3.8) is 0 Å². The molecule has 1 heterocycles. The number of nitrogens with one attached hydrogen (secondary N) is 1. The van der Waals surface area contributed by atoms with E-state index >= 15 is 0 Å². The van der Waals surface area contributed by atoms with Crippen LogP contribution in [-0.4, -0.2) is 32.2 Å². The normalized spacial score (nSPS) is 9.86. The number of hydrogen-bond acceptors (Lipinski definition) is 5. The number of carbonyl (C=O) groups excluding carboxylic acids is 1. The number of pyridine rings is 1. The Hall–Kier alpha value is -2.76. The van der Waals surface area contributed by atoms with Crippen LogP contribution in [-0.2, 0) is 0 Å². The van der Waals surface area contributed by atoms with Gasteiger partial charge < -0.3 is 19.5 Å². The molecular formula is C15H16N2O4. The molecule has 2 rings (SSSR count). The number of amides is 1.